The Bertz CT molecular complexity index is 575. The van der Waals surface area contributed by atoms with Gasteiger partial charge in [0.2, 0.25) is 0 Å². The first-order valence-electron chi connectivity index (χ1n) is 5.08. The summed E-state index contributed by atoms with van der Waals surface area (Å²) in [6, 6.07) is 9.72. The van der Waals surface area contributed by atoms with Gasteiger partial charge in [0, 0.05) is 17.0 Å². The smallest absolute Gasteiger partial charge is 0.150 e. The van der Waals surface area contributed by atoms with E-state index in [0.29, 0.717) is 26.3 Å². The second-order valence-electron chi connectivity index (χ2n) is 3.54. The first-order valence-corrected chi connectivity index (χ1v) is 7.37. The highest BCUT2D eigenvalue weighted by Crippen LogP contribution is 2.37. The first-order chi connectivity index (χ1) is 8.61. The van der Waals surface area contributed by atoms with E-state index in [-0.39, 0.29) is 5.82 Å². The molecule has 0 aliphatic rings. The Morgan fingerprint density at radius 2 is 2.00 bits per heavy atom. The van der Waals surface area contributed by atoms with E-state index >= 15 is 0 Å². The van der Waals surface area contributed by atoms with E-state index in [2.05, 4.69) is 31.9 Å². The number of alkyl halides is 1. The fourth-order valence-electron chi connectivity index (χ4n) is 1.44. The molecule has 18 heavy (non-hydrogen) atoms. The fraction of sp³-hybridized carbons (Fsp3) is 0.0769. The lowest BCUT2D eigenvalue weighted by Crippen LogP contribution is -1.92. The Morgan fingerprint density at radius 3 is 2.72 bits per heavy atom. The molecule has 0 heterocycles. The zero-order valence-electron chi connectivity index (χ0n) is 9.09. The summed E-state index contributed by atoms with van der Waals surface area (Å²) in [5.41, 5.74) is 0.902. The van der Waals surface area contributed by atoms with Crippen molar-refractivity contribution in [1.29, 1.82) is 0 Å². The SMILES string of the molecule is Fc1ccc(Br)c(Oc2c(Cl)cccc2CBr)c1. The molecule has 0 bridgehead atoms. The van der Waals surface area contributed by atoms with Gasteiger partial charge in [0.1, 0.15) is 17.3 Å². The van der Waals surface area contributed by atoms with Crippen molar-refractivity contribution < 1.29 is 9.13 Å². The van der Waals surface area contributed by atoms with E-state index < -0.39 is 0 Å². The zero-order valence-corrected chi connectivity index (χ0v) is 13.0. The molecule has 0 N–H and O–H groups in total. The van der Waals surface area contributed by atoms with Crippen LogP contribution in [0.15, 0.2) is 40.9 Å². The quantitative estimate of drug-likeness (QED) is 0.587. The molecule has 5 heteroatoms. The molecule has 2 aromatic carbocycles. The van der Waals surface area contributed by atoms with Crippen molar-refractivity contribution in [2.45, 2.75) is 5.33 Å². The van der Waals surface area contributed by atoms with Gasteiger partial charge < -0.3 is 4.74 Å². The molecule has 0 aromatic heterocycles. The summed E-state index contributed by atoms with van der Waals surface area (Å²) >= 11 is 12.8. The molecule has 0 radical (unpaired) electrons. The maximum atomic E-state index is 13.2. The molecule has 0 saturated heterocycles. The highest BCUT2D eigenvalue weighted by atomic mass is 79.9. The van der Waals surface area contributed by atoms with Crippen LogP contribution < -0.4 is 4.74 Å². The van der Waals surface area contributed by atoms with Gasteiger partial charge >= 0.3 is 0 Å². The summed E-state index contributed by atoms with van der Waals surface area (Å²) in [6.07, 6.45) is 0. The summed E-state index contributed by atoms with van der Waals surface area (Å²) in [6.45, 7) is 0. The fourth-order valence-corrected chi connectivity index (χ4v) is 2.44. The molecule has 0 saturated carbocycles. The van der Waals surface area contributed by atoms with Crippen molar-refractivity contribution in [3.05, 3.63) is 57.3 Å². The van der Waals surface area contributed by atoms with Gasteiger partial charge in [-0.3, -0.25) is 0 Å². The predicted octanol–water partition coefficient (Wildman–Crippen LogP) is 5.93. The minimum atomic E-state index is -0.361. The largest absolute Gasteiger partial charge is 0.454 e. The lowest BCUT2D eigenvalue weighted by atomic mass is 10.2. The van der Waals surface area contributed by atoms with Gasteiger partial charge in [0.15, 0.2) is 0 Å². The second-order valence-corrected chi connectivity index (χ2v) is 5.36. The summed E-state index contributed by atoms with van der Waals surface area (Å²) in [5.74, 6) is 0.563. The normalized spacial score (nSPS) is 10.4. The van der Waals surface area contributed by atoms with Gasteiger partial charge in [-0.25, -0.2) is 4.39 Å². The van der Waals surface area contributed by atoms with Gasteiger partial charge in [-0.05, 0) is 34.1 Å². The maximum absolute atomic E-state index is 13.2. The standard InChI is InChI=1S/C13H8Br2ClFO/c14-7-8-2-1-3-11(16)13(8)18-12-6-9(17)4-5-10(12)15/h1-6H,7H2. The van der Waals surface area contributed by atoms with Crippen LogP contribution in [0.25, 0.3) is 0 Å². The highest BCUT2D eigenvalue weighted by Gasteiger charge is 2.11. The number of hydrogen-bond donors (Lipinski definition) is 0. The van der Waals surface area contributed by atoms with Gasteiger partial charge in [-0.1, -0.05) is 39.7 Å². The van der Waals surface area contributed by atoms with E-state index in [1.54, 1.807) is 12.1 Å². The molecule has 0 fully saturated rings. The topological polar surface area (TPSA) is 9.23 Å². The van der Waals surface area contributed by atoms with Crippen molar-refractivity contribution in [1.82, 2.24) is 0 Å². The lowest BCUT2D eigenvalue weighted by molar-refractivity contribution is 0.470. The molecule has 0 aliphatic carbocycles. The Balaban J connectivity index is 2.42. The first kappa shape index (κ1) is 13.8. The van der Waals surface area contributed by atoms with E-state index in [9.17, 15) is 4.39 Å². The van der Waals surface area contributed by atoms with Crippen LogP contribution in [0.2, 0.25) is 5.02 Å². The third-order valence-corrected chi connectivity index (χ3v) is 3.85. The summed E-state index contributed by atoms with van der Waals surface area (Å²) in [5, 5.41) is 1.10. The number of hydrogen-bond acceptors (Lipinski definition) is 1. The number of halogens is 4. The van der Waals surface area contributed by atoms with Crippen molar-refractivity contribution in [3.8, 4) is 11.5 Å². The van der Waals surface area contributed by atoms with E-state index in [0.717, 1.165) is 5.56 Å². The Kier molecular flexibility index (Phi) is 4.65. The van der Waals surface area contributed by atoms with Gasteiger partial charge in [-0.2, -0.15) is 0 Å². The van der Waals surface area contributed by atoms with E-state index in [1.807, 2.05) is 12.1 Å². The number of para-hydroxylation sites is 1. The molecular weight excluding hydrogens is 386 g/mol. The number of ether oxygens (including phenoxy) is 1. The molecule has 2 aromatic rings. The van der Waals surface area contributed by atoms with E-state index in [4.69, 9.17) is 16.3 Å². The molecule has 1 nitrogen and oxygen atoms in total. The molecule has 94 valence electrons. The van der Waals surface area contributed by atoms with Crippen molar-refractivity contribution in [2.24, 2.45) is 0 Å². The van der Waals surface area contributed by atoms with Crippen LogP contribution in [0.5, 0.6) is 11.5 Å². The Morgan fingerprint density at radius 1 is 1.22 bits per heavy atom. The van der Waals surface area contributed by atoms with Gasteiger partial charge in [0.25, 0.3) is 0 Å². The van der Waals surface area contributed by atoms with Crippen LogP contribution in [0.3, 0.4) is 0 Å². The molecular formula is C13H8Br2ClFO. The second kappa shape index (κ2) is 6.04. The molecule has 2 rings (SSSR count). The van der Waals surface area contributed by atoms with Gasteiger partial charge in [-0.15, -0.1) is 0 Å². The lowest BCUT2D eigenvalue weighted by Gasteiger charge is -2.12. The van der Waals surface area contributed by atoms with Crippen LogP contribution in [-0.4, -0.2) is 0 Å². The van der Waals surface area contributed by atoms with Crippen LogP contribution in [-0.2, 0) is 5.33 Å². The van der Waals surface area contributed by atoms with Gasteiger partial charge in [0.05, 0.1) is 9.50 Å². The average Bonchev–Trinajstić information content (AvgIpc) is 2.36. The van der Waals surface area contributed by atoms with Crippen LogP contribution in [0.1, 0.15) is 5.56 Å². The van der Waals surface area contributed by atoms with Crippen LogP contribution in [0.4, 0.5) is 4.39 Å². The summed E-state index contributed by atoms with van der Waals surface area (Å²) in [7, 11) is 0. The molecule has 0 spiro atoms. The van der Waals surface area contributed by atoms with Crippen LogP contribution in [0, 0.1) is 5.82 Å². The van der Waals surface area contributed by atoms with Crippen molar-refractivity contribution in [2.75, 3.05) is 0 Å². The maximum Gasteiger partial charge on any atom is 0.150 e. The third kappa shape index (κ3) is 3.05. The Hall–Kier alpha value is -0.580. The Labute approximate surface area is 126 Å². The number of benzene rings is 2. The molecule has 0 unspecified atom stereocenters. The van der Waals surface area contributed by atoms with Crippen LogP contribution >= 0.6 is 43.5 Å². The average molecular weight is 394 g/mol. The van der Waals surface area contributed by atoms with Crippen molar-refractivity contribution in [3.63, 3.8) is 0 Å². The number of rotatable bonds is 3. The third-order valence-electron chi connectivity index (χ3n) is 2.30. The predicted molar refractivity (Wildman–Crippen MR) is 78.3 cm³/mol. The summed E-state index contributed by atoms with van der Waals surface area (Å²) in [4.78, 5) is 0. The minimum Gasteiger partial charge on any atom is -0.454 e. The monoisotopic (exact) mass is 392 g/mol. The minimum absolute atomic E-state index is 0.361. The molecule has 0 aliphatic heterocycles. The highest BCUT2D eigenvalue weighted by molar-refractivity contribution is 9.10. The zero-order chi connectivity index (χ0) is 13.1. The summed E-state index contributed by atoms with van der Waals surface area (Å²) < 4.78 is 19.6. The molecule has 0 atom stereocenters. The van der Waals surface area contributed by atoms with Crippen molar-refractivity contribution >= 4 is 43.5 Å². The molecule has 0 amide bonds. The van der Waals surface area contributed by atoms with E-state index in [1.165, 1.54) is 12.1 Å².